The number of hydrogen-bond donors (Lipinski definition) is 2. The van der Waals surface area contributed by atoms with Crippen LogP contribution in [0, 0.1) is 0 Å². The van der Waals surface area contributed by atoms with Crippen molar-refractivity contribution < 1.29 is 4.79 Å². The zero-order valence-electron chi connectivity index (χ0n) is 15.6. The monoisotopic (exact) mass is 359 g/mol. The topological polar surface area (TPSA) is 54.0 Å². The minimum absolute atomic E-state index is 0.142. The Morgan fingerprint density at radius 1 is 1.00 bits per heavy atom. The van der Waals surface area contributed by atoms with Crippen molar-refractivity contribution >= 4 is 17.3 Å². The lowest BCUT2D eigenvalue weighted by Crippen LogP contribution is -2.14. The number of anilines is 2. The van der Waals surface area contributed by atoms with Gasteiger partial charge in [-0.05, 0) is 42.5 Å². The zero-order valence-corrected chi connectivity index (χ0v) is 15.6. The Bertz CT molecular complexity index is 878. The standard InChI is InChI=1S/C23H25N3O/c1-2-19-12-6-7-13-22(19)26-23(27)20-15-21(17-24-16-20)25-14-8-11-18-9-4-3-5-10-18/h3-7,9-10,12-13,15-17,25H,2,8,11,14H2,1H3,(H,26,27). The number of carbonyl (C=O) groups excluding carboxylic acids is 1. The number of nitrogens with one attached hydrogen (secondary N) is 2. The second-order valence-electron chi connectivity index (χ2n) is 6.44. The fraction of sp³-hybridized carbons (Fsp3) is 0.217. The van der Waals surface area contributed by atoms with Crippen LogP contribution >= 0.6 is 0 Å². The molecule has 0 aliphatic carbocycles. The van der Waals surface area contributed by atoms with Gasteiger partial charge in [-0.25, -0.2) is 0 Å². The molecule has 138 valence electrons. The van der Waals surface area contributed by atoms with E-state index in [1.165, 1.54) is 5.56 Å². The number of hydrogen-bond acceptors (Lipinski definition) is 3. The van der Waals surface area contributed by atoms with E-state index in [0.29, 0.717) is 5.56 Å². The highest BCUT2D eigenvalue weighted by Gasteiger charge is 2.09. The number of pyridine rings is 1. The Morgan fingerprint density at radius 2 is 1.78 bits per heavy atom. The van der Waals surface area contributed by atoms with Crippen molar-refractivity contribution in [2.24, 2.45) is 0 Å². The highest BCUT2D eigenvalue weighted by molar-refractivity contribution is 6.04. The molecule has 0 unspecified atom stereocenters. The summed E-state index contributed by atoms with van der Waals surface area (Å²) in [7, 11) is 0. The smallest absolute Gasteiger partial charge is 0.257 e. The van der Waals surface area contributed by atoms with Gasteiger partial charge in [0.2, 0.25) is 0 Å². The second kappa shape index (κ2) is 9.53. The van der Waals surface area contributed by atoms with Crippen molar-refractivity contribution in [1.82, 2.24) is 4.98 Å². The minimum atomic E-state index is -0.142. The lowest BCUT2D eigenvalue weighted by molar-refractivity contribution is 0.102. The van der Waals surface area contributed by atoms with Crippen LogP contribution in [0.25, 0.3) is 0 Å². The molecule has 0 radical (unpaired) electrons. The van der Waals surface area contributed by atoms with Gasteiger partial charge in [-0.3, -0.25) is 9.78 Å². The van der Waals surface area contributed by atoms with E-state index in [-0.39, 0.29) is 5.91 Å². The van der Waals surface area contributed by atoms with E-state index in [4.69, 9.17) is 0 Å². The van der Waals surface area contributed by atoms with E-state index in [0.717, 1.165) is 42.7 Å². The van der Waals surface area contributed by atoms with Gasteiger partial charge in [0, 0.05) is 24.6 Å². The van der Waals surface area contributed by atoms with Crippen LogP contribution < -0.4 is 10.6 Å². The molecule has 0 spiro atoms. The number of para-hydroxylation sites is 1. The summed E-state index contributed by atoms with van der Waals surface area (Å²) < 4.78 is 0. The van der Waals surface area contributed by atoms with Crippen molar-refractivity contribution in [3.8, 4) is 0 Å². The maximum Gasteiger partial charge on any atom is 0.257 e. The van der Waals surface area contributed by atoms with Gasteiger partial charge in [-0.15, -0.1) is 0 Å². The van der Waals surface area contributed by atoms with E-state index in [1.54, 1.807) is 12.4 Å². The molecule has 27 heavy (non-hydrogen) atoms. The van der Waals surface area contributed by atoms with Gasteiger partial charge >= 0.3 is 0 Å². The normalized spacial score (nSPS) is 10.4. The van der Waals surface area contributed by atoms with Crippen LogP contribution in [0.15, 0.2) is 73.1 Å². The summed E-state index contributed by atoms with van der Waals surface area (Å²) >= 11 is 0. The fourth-order valence-electron chi connectivity index (χ4n) is 2.98. The molecule has 0 aliphatic heterocycles. The highest BCUT2D eigenvalue weighted by atomic mass is 16.1. The Hall–Kier alpha value is -3.14. The second-order valence-corrected chi connectivity index (χ2v) is 6.44. The first-order valence-electron chi connectivity index (χ1n) is 9.38. The summed E-state index contributed by atoms with van der Waals surface area (Å²) in [4.78, 5) is 16.8. The summed E-state index contributed by atoms with van der Waals surface area (Å²) in [6.07, 6.45) is 6.26. The van der Waals surface area contributed by atoms with Crippen LogP contribution in [0.2, 0.25) is 0 Å². The maximum absolute atomic E-state index is 12.6. The van der Waals surface area contributed by atoms with Crippen LogP contribution in [0.3, 0.4) is 0 Å². The van der Waals surface area contributed by atoms with Gasteiger partial charge in [-0.2, -0.15) is 0 Å². The quantitative estimate of drug-likeness (QED) is 0.560. The first-order valence-corrected chi connectivity index (χ1v) is 9.38. The molecule has 1 aromatic heterocycles. The van der Waals surface area contributed by atoms with Crippen LogP contribution in [-0.4, -0.2) is 17.4 Å². The van der Waals surface area contributed by atoms with Crippen molar-refractivity contribution in [3.05, 3.63) is 89.7 Å². The van der Waals surface area contributed by atoms with Gasteiger partial charge < -0.3 is 10.6 Å². The van der Waals surface area contributed by atoms with Crippen molar-refractivity contribution in [1.29, 1.82) is 0 Å². The third-order valence-corrected chi connectivity index (χ3v) is 4.46. The molecular formula is C23H25N3O. The Labute approximate surface area is 160 Å². The fourth-order valence-corrected chi connectivity index (χ4v) is 2.98. The van der Waals surface area contributed by atoms with Crippen LogP contribution in [0.1, 0.15) is 34.8 Å². The summed E-state index contributed by atoms with van der Waals surface area (Å²) in [5.41, 5.74) is 4.72. The number of aromatic nitrogens is 1. The zero-order chi connectivity index (χ0) is 18.9. The molecule has 0 fully saturated rings. The van der Waals surface area contributed by atoms with E-state index < -0.39 is 0 Å². The SMILES string of the molecule is CCc1ccccc1NC(=O)c1cncc(NCCCc2ccccc2)c1. The number of amides is 1. The van der Waals surface area contributed by atoms with Crippen LogP contribution in [-0.2, 0) is 12.8 Å². The molecule has 1 heterocycles. The molecule has 4 nitrogen and oxygen atoms in total. The molecule has 3 aromatic rings. The van der Waals surface area contributed by atoms with E-state index in [9.17, 15) is 4.79 Å². The largest absolute Gasteiger partial charge is 0.384 e. The molecule has 0 saturated heterocycles. The molecular weight excluding hydrogens is 334 g/mol. The Balaban J connectivity index is 1.55. The number of rotatable bonds is 8. The van der Waals surface area contributed by atoms with Gasteiger partial charge in [0.05, 0.1) is 11.3 Å². The number of benzene rings is 2. The first-order chi connectivity index (χ1) is 13.3. The maximum atomic E-state index is 12.6. The highest BCUT2D eigenvalue weighted by Crippen LogP contribution is 2.17. The predicted molar refractivity (Wildman–Crippen MR) is 111 cm³/mol. The number of aryl methyl sites for hydroxylation is 2. The molecule has 0 saturated carbocycles. The van der Waals surface area contributed by atoms with Gasteiger partial charge in [-0.1, -0.05) is 55.5 Å². The third-order valence-electron chi connectivity index (χ3n) is 4.46. The van der Waals surface area contributed by atoms with E-state index in [2.05, 4.69) is 46.8 Å². The van der Waals surface area contributed by atoms with E-state index in [1.807, 2.05) is 36.4 Å². The number of carbonyl (C=O) groups is 1. The van der Waals surface area contributed by atoms with E-state index >= 15 is 0 Å². The molecule has 0 atom stereocenters. The summed E-state index contributed by atoms with van der Waals surface area (Å²) in [6, 6.07) is 20.1. The molecule has 1 amide bonds. The van der Waals surface area contributed by atoms with Gasteiger partial charge in [0.1, 0.15) is 0 Å². The molecule has 2 N–H and O–H groups in total. The Kier molecular flexibility index (Phi) is 6.58. The first kappa shape index (κ1) is 18.6. The molecule has 0 bridgehead atoms. The predicted octanol–water partition coefficient (Wildman–Crippen LogP) is 4.94. The molecule has 4 heteroatoms. The van der Waals surface area contributed by atoms with Gasteiger partial charge in [0.25, 0.3) is 5.91 Å². The molecule has 0 aliphatic rings. The van der Waals surface area contributed by atoms with Crippen molar-refractivity contribution in [3.63, 3.8) is 0 Å². The molecule has 2 aromatic carbocycles. The number of nitrogens with zero attached hydrogens (tertiary/aromatic N) is 1. The summed E-state index contributed by atoms with van der Waals surface area (Å²) in [5.74, 6) is -0.142. The van der Waals surface area contributed by atoms with Crippen molar-refractivity contribution in [2.45, 2.75) is 26.2 Å². The average molecular weight is 359 g/mol. The van der Waals surface area contributed by atoms with Crippen LogP contribution in [0.4, 0.5) is 11.4 Å². The summed E-state index contributed by atoms with van der Waals surface area (Å²) in [6.45, 7) is 2.91. The summed E-state index contributed by atoms with van der Waals surface area (Å²) in [5, 5.41) is 6.34. The lowest BCUT2D eigenvalue weighted by Gasteiger charge is -2.11. The third kappa shape index (κ3) is 5.42. The van der Waals surface area contributed by atoms with Crippen molar-refractivity contribution in [2.75, 3.05) is 17.2 Å². The van der Waals surface area contributed by atoms with Gasteiger partial charge in [0.15, 0.2) is 0 Å². The Morgan fingerprint density at radius 3 is 2.59 bits per heavy atom. The van der Waals surface area contributed by atoms with Crippen LogP contribution in [0.5, 0.6) is 0 Å². The lowest BCUT2D eigenvalue weighted by atomic mass is 10.1. The molecule has 3 rings (SSSR count). The minimum Gasteiger partial charge on any atom is -0.384 e. The average Bonchev–Trinajstić information content (AvgIpc) is 2.72.